The van der Waals surface area contributed by atoms with Gasteiger partial charge in [0, 0.05) is 53.2 Å². The van der Waals surface area contributed by atoms with Gasteiger partial charge < -0.3 is 147 Å². The summed E-state index contributed by atoms with van der Waals surface area (Å²) < 4.78 is 120. The second kappa shape index (κ2) is 78.1. The third-order valence-corrected chi connectivity index (χ3v) is 16.7. The molecule has 0 heterocycles. The van der Waals surface area contributed by atoms with E-state index in [1.165, 1.54) is 0 Å². The number of hydrogen-bond acceptors (Lipinski definition) is 32. The van der Waals surface area contributed by atoms with Crippen LogP contribution in [0.5, 0.6) is 0 Å². The molecule has 4 atom stereocenters. The number of benzene rings is 2. The zero-order valence-electron chi connectivity index (χ0n) is 75.5. The third kappa shape index (κ3) is 70.1. The van der Waals surface area contributed by atoms with Crippen LogP contribution < -0.4 is 42.5 Å². The van der Waals surface area contributed by atoms with E-state index in [1.807, 2.05) is 0 Å². The minimum atomic E-state index is -2.15. The summed E-state index contributed by atoms with van der Waals surface area (Å²) in [7, 11) is 3.24. The lowest BCUT2D eigenvalue weighted by Gasteiger charge is -2.30. The molecule has 40 nitrogen and oxygen atoms in total. The monoisotopic (exact) mass is 1800 g/mol. The summed E-state index contributed by atoms with van der Waals surface area (Å²) in [4.78, 5) is 138. The number of carbonyl (C=O) groups is 10. The Bertz CT molecular complexity index is 2910. The second-order valence-electron chi connectivity index (χ2n) is 29.8. The summed E-state index contributed by atoms with van der Waals surface area (Å²) in [6.45, 7) is 21.6. The van der Waals surface area contributed by atoms with Gasteiger partial charge >= 0.3 is 24.1 Å². The van der Waals surface area contributed by atoms with Gasteiger partial charge in [0.15, 0.2) is 0 Å². The summed E-state index contributed by atoms with van der Waals surface area (Å²) in [5.74, 6) is -5.82. The highest BCUT2D eigenvalue weighted by Gasteiger charge is 2.40. The number of unbranched alkanes of at least 4 members (excludes halogenated alkanes) is 2. The Labute approximate surface area is 742 Å². The smallest absolute Gasteiger partial charge is 0.408 e. The number of hydrogen-bond donors (Lipinski definition) is 8. The molecule has 0 aromatic heterocycles. The highest BCUT2D eigenvalue weighted by molar-refractivity contribution is 5.99. The van der Waals surface area contributed by atoms with Gasteiger partial charge in [-0.3, -0.25) is 38.4 Å². The lowest BCUT2D eigenvalue weighted by Crippen LogP contribution is -2.66. The molecule has 40 heteroatoms. The van der Waals surface area contributed by atoms with Crippen LogP contribution >= 0.6 is 0 Å². The second-order valence-corrected chi connectivity index (χ2v) is 29.8. The SMILES string of the molecule is COCCOCCOCCOCCOCCOCCOCCOCCOCC(=O)NCCCC[C@H](NC(=O)[C@H](NC(=O)OCc1ccccc1)[C@@H](NC(=O)OCc1ccccc1)C(=O)N[C@@H](CCCCNC(=O)COCCOCCOCCOCCOCCOCCOCCOCCOC)C(=O)NCCCC(=O)OC(C)(C)C)C(=O)NCCCC(=O)OC(C)(C)C. The van der Waals surface area contributed by atoms with Crippen molar-refractivity contribution in [3.63, 3.8) is 0 Å². The van der Waals surface area contributed by atoms with Gasteiger partial charge in [-0.2, -0.15) is 0 Å². The van der Waals surface area contributed by atoms with Crippen LogP contribution in [-0.4, -0.2) is 360 Å². The number of nitrogens with one attached hydrogen (secondary N) is 8. The van der Waals surface area contributed by atoms with Crippen molar-refractivity contribution in [3.8, 4) is 0 Å². The normalized spacial score (nSPS) is 12.4. The molecule has 0 fully saturated rings. The van der Waals surface area contributed by atoms with Gasteiger partial charge in [0.2, 0.25) is 35.4 Å². The molecule has 0 aliphatic carbocycles. The van der Waals surface area contributed by atoms with Gasteiger partial charge in [0.05, 0.1) is 211 Å². The molecule has 0 saturated carbocycles. The summed E-state index contributed by atoms with van der Waals surface area (Å²) >= 11 is 0. The number of ether oxygens (including phenoxy) is 22. The molecule has 2 rings (SSSR count). The summed E-state index contributed by atoms with van der Waals surface area (Å²) in [5, 5.41) is 21.1. The molecule has 0 saturated heterocycles. The van der Waals surface area contributed by atoms with Crippen molar-refractivity contribution >= 4 is 59.6 Å². The van der Waals surface area contributed by atoms with Crippen molar-refractivity contribution in [1.82, 2.24) is 42.5 Å². The van der Waals surface area contributed by atoms with Gasteiger partial charge in [-0.1, -0.05) is 60.7 Å². The molecule has 0 aliphatic heterocycles. The van der Waals surface area contributed by atoms with Crippen LogP contribution in [-0.2, 0) is 156 Å². The third-order valence-electron chi connectivity index (χ3n) is 16.7. The minimum Gasteiger partial charge on any atom is -0.460 e. The van der Waals surface area contributed by atoms with Crippen LogP contribution in [0.2, 0.25) is 0 Å². The first-order valence-electron chi connectivity index (χ1n) is 43.3. The molecule has 2 aromatic carbocycles. The lowest BCUT2D eigenvalue weighted by atomic mass is 10.0. The minimum absolute atomic E-state index is 0.0643. The molecule has 8 N–H and O–H groups in total. The zero-order chi connectivity index (χ0) is 91.9. The highest BCUT2D eigenvalue weighted by atomic mass is 16.6. The lowest BCUT2D eigenvalue weighted by molar-refractivity contribution is -0.156. The first-order valence-corrected chi connectivity index (χ1v) is 43.3. The van der Waals surface area contributed by atoms with Gasteiger partial charge in [-0.15, -0.1) is 0 Å². The Balaban J connectivity index is 2.16. The molecular weight excluding hydrogens is 1660 g/mol. The van der Waals surface area contributed by atoms with Crippen molar-refractivity contribution in [2.45, 2.75) is 154 Å². The van der Waals surface area contributed by atoms with Gasteiger partial charge in [0.1, 0.15) is 61.8 Å². The predicted molar refractivity (Wildman–Crippen MR) is 458 cm³/mol. The number of rotatable bonds is 83. The van der Waals surface area contributed by atoms with E-state index < -0.39 is 94.9 Å². The highest BCUT2D eigenvalue weighted by Crippen LogP contribution is 2.14. The first-order chi connectivity index (χ1) is 61.0. The van der Waals surface area contributed by atoms with E-state index in [2.05, 4.69) is 42.5 Å². The average Bonchev–Trinajstić information content (AvgIpc) is 0.827. The molecule has 0 spiro atoms. The molecule has 722 valence electrons. The molecule has 0 unspecified atom stereocenters. The maximum absolute atomic E-state index is 15.2. The van der Waals surface area contributed by atoms with Crippen molar-refractivity contribution in [3.05, 3.63) is 71.8 Å². The summed E-state index contributed by atoms with van der Waals surface area (Å²) in [6.07, 6.45) is -1.72. The Morgan fingerprint density at radius 2 is 0.532 bits per heavy atom. The predicted octanol–water partition coefficient (Wildman–Crippen LogP) is 3.15. The summed E-state index contributed by atoms with van der Waals surface area (Å²) in [5.41, 5.74) is -0.488. The largest absolute Gasteiger partial charge is 0.460 e. The molecule has 0 bridgehead atoms. The number of esters is 2. The van der Waals surface area contributed by atoms with Gasteiger partial charge in [-0.25, -0.2) is 9.59 Å². The Morgan fingerprint density at radius 3 is 0.786 bits per heavy atom. The number of alkyl carbamates (subject to hydrolysis) is 2. The van der Waals surface area contributed by atoms with Crippen molar-refractivity contribution < 1.29 is 152 Å². The Hall–Kier alpha value is -7.98. The van der Waals surface area contributed by atoms with E-state index >= 15 is 9.59 Å². The fourth-order valence-corrected chi connectivity index (χ4v) is 10.6. The summed E-state index contributed by atoms with van der Waals surface area (Å²) in [6, 6.07) is 9.78. The number of amides is 8. The van der Waals surface area contributed by atoms with E-state index in [-0.39, 0.29) is 156 Å². The Kier molecular flexibility index (Phi) is 70.7. The zero-order valence-corrected chi connectivity index (χ0v) is 75.5. The van der Waals surface area contributed by atoms with Gasteiger partial charge in [-0.05, 0) is 104 Å². The van der Waals surface area contributed by atoms with Crippen LogP contribution in [0.15, 0.2) is 60.7 Å². The topological polar surface area (TPSA) is 470 Å². The standard InChI is InChI=1S/C86H146N8O32/c1-85(2,3)125-75(97)27-19-31-89-79(99)71(25-15-17-29-87-73(95)67-121-63-61-119-59-57-117-55-53-115-51-49-113-47-45-111-43-41-109-39-37-107-35-33-105-7)91-81(101)77(93-83(103)123-65-69-21-11-9-12-22-69)78(94-84(104)124-66-70-23-13-10-14-24-70)82(102)92-72(80(100)90-32-20-28-76(98)126-86(4,5)6)26-16-18-30-88-74(96)68-122-64-62-120-60-58-118-56-54-116-52-50-114-48-46-112-44-42-110-40-38-108-36-34-106-8/h9-14,21-24,71-72,77-78H,15-20,25-68H2,1-8H3,(H,87,95)(H,88,96)(H,89,99)(H,90,100)(H,91,101)(H,92,102)(H,93,103)(H,94,104)/t71-,72-,77+,78+/m0/s1. The van der Waals surface area contributed by atoms with E-state index in [0.717, 1.165) is 0 Å². The van der Waals surface area contributed by atoms with Crippen LogP contribution in [0.25, 0.3) is 0 Å². The fourth-order valence-electron chi connectivity index (χ4n) is 10.6. The molecule has 0 aliphatic rings. The average molecular weight is 1800 g/mol. The first kappa shape index (κ1) is 114. The van der Waals surface area contributed by atoms with Crippen molar-refractivity contribution in [2.75, 3.05) is 265 Å². The van der Waals surface area contributed by atoms with Crippen molar-refractivity contribution in [2.24, 2.45) is 0 Å². The Morgan fingerprint density at radius 1 is 0.286 bits per heavy atom. The van der Waals surface area contributed by atoms with Crippen LogP contribution in [0, 0.1) is 0 Å². The fraction of sp³-hybridized carbons (Fsp3) is 0.744. The molecular formula is C86H146N8O32. The van der Waals surface area contributed by atoms with E-state index in [9.17, 15) is 38.4 Å². The number of methoxy groups -OCH3 is 2. The van der Waals surface area contributed by atoms with Gasteiger partial charge in [0.25, 0.3) is 0 Å². The molecule has 0 radical (unpaired) electrons. The van der Waals surface area contributed by atoms with E-state index in [1.54, 1.807) is 116 Å². The molecule has 126 heavy (non-hydrogen) atoms. The molecule has 2 aromatic rings. The van der Waals surface area contributed by atoms with Crippen LogP contribution in [0.4, 0.5) is 9.59 Å². The number of carbonyl (C=O) groups excluding carboxylic acids is 10. The quantitative estimate of drug-likeness (QED) is 0.0268. The van der Waals surface area contributed by atoms with Crippen LogP contribution in [0.1, 0.15) is 117 Å². The maximum atomic E-state index is 15.2. The van der Waals surface area contributed by atoms with E-state index in [4.69, 9.17) is 104 Å². The maximum Gasteiger partial charge on any atom is 0.408 e. The van der Waals surface area contributed by atoms with Crippen molar-refractivity contribution in [1.29, 1.82) is 0 Å². The van der Waals surface area contributed by atoms with Crippen LogP contribution in [0.3, 0.4) is 0 Å². The van der Waals surface area contributed by atoms with E-state index in [0.29, 0.717) is 183 Å². The molecule has 8 amide bonds.